The van der Waals surface area contributed by atoms with E-state index in [0.29, 0.717) is 5.75 Å². The molecule has 0 fully saturated rings. The Morgan fingerprint density at radius 2 is 1.95 bits per heavy atom. The number of nitro groups is 1. The number of ether oxygens (including phenoxy) is 1. The van der Waals surface area contributed by atoms with Gasteiger partial charge in [0.15, 0.2) is 0 Å². The third-order valence-corrected chi connectivity index (χ3v) is 3.45. The maximum Gasteiger partial charge on any atom is 0.305 e. The molecule has 0 saturated carbocycles. The molecule has 0 saturated heterocycles. The van der Waals surface area contributed by atoms with Gasteiger partial charge in [0.1, 0.15) is 12.4 Å². The first-order valence-electron chi connectivity index (χ1n) is 5.80. The molecular weight excluding hydrogens is 281 g/mol. The van der Waals surface area contributed by atoms with Crippen LogP contribution in [0.15, 0.2) is 47.4 Å². The van der Waals surface area contributed by atoms with Crippen LogP contribution in [0.5, 0.6) is 5.75 Å². The standard InChI is InChI=1S/C14H12FNO3S/c1-20-12-7-5-11(6-8-12)19-9-10-3-2-4-13(14(10)15)16(17)18/h2-8H,9H2,1H3. The second kappa shape index (κ2) is 6.38. The molecule has 20 heavy (non-hydrogen) atoms. The van der Waals surface area contributed by atoms with Gasteiger partial charge >= 0.3 is 5.69 Å². The number of hydrogen-bond acceptors (Lipinski definition) is 4. The van der Waals surface area contributed by atoms with E-state index in [4.69, 9.17) is 4.74 Å². The Morgan fingerprint density at radius 1 is 1.25 bits per heavy atom. The molecule has 0 atom stereocenters. The first-order valence-corrected chi connectivity index (χ1v) is 7.03. The maximum absolute atomic E-state index is 13.8. The van der Waals surface area contributed by atoms with E-state index in [0.717, 1.165) is 11.0 Å². The zero-order chi connectivity index (χ0) is 14.5. The lowest BCUT2D eigenvalue weighted by Crippen LogP contribution is -2.01. The van der Waals surface area contributed by atoms with Crippen LogP contribution in [-0.4, -0.2) is 11.2 Å². The van der Waals surface area contributed by atoms with Crippen molar-refractivity contribution in [2.24, 2.45) is 0 Å². The molecule has 0 aromatic heterocycles. The number of hydrogen-bond donors (Lipinski definition) is 0. The van der Waals surface area contributed by atoms with E-state index >= 15 is 0 Å². The van der Waals surface area contributed by atoms with Crippen LogP contribution in [0.3, 0.4) is 0 Å². The van der Waals surface area contributed by atoms with Gasteiger partial charge in [-0.2, -0.15) is 4.39 Å². The molecule has 0 spiro atoms. The molecule has 2 aromatic carbocycles. The average Bonchev–Trinajstić information content (AvgIpc) is 2.46. The molecule has 0 amide bonds. The minimum Gasteiger partial charge on any atom is -0.489 e. The summed E-state index contributed by atoms with van der Waals surface area (Å²) in [5, 5.41) is 10.6. The van der Waals surface area contributed by atoms with Crippen LogP contribution in [0, 0.1) is 15.9 Å². The Bertz CT molecular complexity index is 616. The first-order chi connectivity index (χ1) is 9.61. The first kappa shape index (κ1) is 14.3. The lowest BCUT2D eigenvalue weighted by molar-refractivity contribution is -0.387. The summed E-state index contributed by atoms with van der Waals surface area (Å²) in [6.45, 7) is -0.0495. The van der Waals surface area contributed by atoms with E-state index < -0.39 is 16.4 Å². The highest BCUT2D eigenvalue weighted by Gasteiger charge is 2.17. The van der Waals surface area contributed by atoms with Gasteiger partial charge in [0, 0.05) is 16.5 Å². The van der Waals surface area contributed by atoms with Crippen molar-refractivity contribution in [3.63, 3.8) is 0 Å². The van der Waals surface area contributed by atoms with E-state index in [-0.39, 0.29) is 12.2 Å². The molecule has 104 valence electrons. The molecule has 0 aliphatic heterocycles. The quantitative estimate of drug-likeness (QED) is 0.474. The van der Waals surface area contributed by atoms with Gasteiger partial charge in [-0.15, -0.1) is 11.8 Å². The maximum atomic E-state index is 13.8. The summed E-state index contributed by atoms with van der Waals surface area (Å²) in [4.78, 5) is 11.0. The Kier molecular flexibility index (Phi) is 4.57. The van der Waals surface area contributed by atoms with Crippen LogP contribution in [0.1, 0.15) is 5.56 Å². The number of nitro benzene ring substituents is 1. The highest BCUT2D eigenvalue weighted by Crippen LogP contribution is 2.23. The predicted octanol–water partition coefficient (Wildman–Crippen LogP) is 4.03. The van der Waals surface area contributed by atoms with Crippen molar-refractivity contribution in [2.45, 2.75) is 11.5 Å². The molecule has 0 aliphatic rings. The summed E-state index contributed by atoms with van der Waals surface area (Å²) in [6.07, 6.45) is 1.97. The minimum atomic E-state index is -0.849. The van der Waals surface area contributed by atoms with Crippen molar-refractivity contribution in [2.75, 3.05) is 6.26 Å². The van der Waals surface area contributed by atoms with Gasteiger partial charge in [-0.25, -0.2) is 0 Å². The van der Waals surface area contributed by atoms with Crippen molar-refractivity contribution >= 4 is 17.4 Å². The summed E-state index contributed by atoms with van der Waals surface area (Å²) < 4.78 is 19.3. The smallest absolute Gasteiger partial charge is 0.305 e. The van der Waals surface area contributed by atoms with Crippen LogP contribution in [-0.2, 0) is 6.61 Å². The fourth-order valence-corrected chi connectivity index (χ4v) is 2.06. The Morgan fingerprint density at radius 3 is 2.55 bits per heavy atom. The lowest BCUT2D eigenvalue weighted by Gasteiger charge is -2.07. The van der Waals surface area contributed by atoms with Crippen LogP contribution in [0.25, 0.3) is 0 Å². The van der Waals surface area contributed by atoms with E-state index in [1.165, 1.54) is 12.1 Å². The molecule has 0 radical (unpaired) electrons. The van der Waals surface area contributed by atoms with Crippen LogP contribution in [0.2, 0.25) is 0 Å². The Hall–Kier alpha value is -2.08. The summed E-state index contributed by atoms with van der Waals surface area (Å²) >= 11 is 1.61. The monoisotopic (exact) mass is 293 g/mol. The highest BCUT2D eigenvalue weighted by atomic mass is 32.2. The van der Waals surface area contributed by atoms with Crippen LogP contribution < -0.4 is 4.74 Å². The minimum absolute atomic E-state index is 0.0495. The fourth-order valence-electron chi connectivity index (χ4n) is 1.65. The molecule has 2 rings (SSSR count). The summed E-state index contributed by atoms with van der Waals surface area (Å²) in [5.41, 5.74) is -0.378. The molecule has 0 unspecified atom stereocenters. The van der Waals surface area contributed by atoms with Gasteiger partial charge in [-0.05, 0) is 30.5 Å². The van der Waals surface area contributed by atoms with Crippen molar-refractivity contribution in [3.8, 4) is 5.75 Å². The molecule has 0 N–H and O–H groups in total. The number of nitrogens with zero attached hydrogens (tertiary/aromatic N) is 1. The average molecular weight is 293 g/mol. The summed E-state index contributed by atoms with van der Waals surface area (Å²) in [6, 6.07) is 11.4. The third-order valence-electron chi connectivity index (χ3n) is 2.71. The molecule has 2 aromatic rings. The largest absolute Gasteiger partial charge is 0.489 e. The van der Waals surface area contributed by atoms with E-state index in [9.17, 15) is 14.5 Å². The fraction of sp³-hybridized carbons (Fsp3) is 0.143. The van der Waals surface area contributed by atoms with Gasteiger partial charge in [0.25, 0.3) is 0 Å². The zero-order valence-corrected chi connectivity index (χ0v) is 11.5. The van der Waals surface area contributed by atoms with E-state index in [1.807, 2.05) is 18.4 Å². The van der Waals surface area contributed by atoms with Gasteiger partial charge in [0.2, 0.25) is 5.82 Å². The van der Waals surface area contributed by atoms with E-state index in [2.05, 4.69) is 0 Å². The third kappa shape index (κ3) is 3.27. The summed E-state index contributed by atoms with van der Waals surface area (Å²) in [7, 11) is 0. The molecule has 0 heterocycles. The normalized spacial score (nSPS) is 10.3. The second-order valence-corrected chi connectivity index (χ2v) is 4.85. The second-order valence-electron chi connectivity index (χ2n) is 3.97. The molecule has 6 heteroatoms. The van der Waals surface area contributed by atoms with Crippen molar-refractivity contribution < 1.29 is 14.1 Å². The van der Waals surface area contributed by atoms with E-state index in [1.54, 1.807) is 23.9 Å². The lowest BCUT2D eigenvalue weighted by atomic mass is 10.2. The number of thioether (sulfide) groups is 1. The molecule has 0 aliphatic carbocycles. The topological polar surface area (TPSA) is 52.4 Å². The number of benzene rings is 2. The molecule has 4 nitrogen and oxygen atoms in total. The predicted molar refractivity (Wildman–Crippen MR) is 75.6 cm³/mol. The molecule has 0 bridgehead atoms. The number of halogens is 1. The van der Waals surface area contributed by atoms with Crippen molar-refractivity contribution in [1.82, 2.24) is 0 Å². The zero-order valence-electron chi connectivity index (χ0n) is 10.7. The van der Waals surface area contributed by atoms with Crippen LogP contribution in [0.4, 0.5) is 10.1 Å². The van der Waals surface area contributed by atoms with Gasteiger partial charge in [-0.3, -0.25) is 10.1 Å². The van der Waals surface area contributed by atoms with Gasteiger partial charge in [-0.1, -0.05) is 12.1 Å². The van der Waals surface area contributed by atoms with Gasteiger partial charge in [0.05, 0.1) is 4.92 Å². The molecular formula is C14H12FNO3S. The van der Waals surface area contributed by atoms with Crippen molar-refractivity contribution in [1.29, 1.82) is 0 Å². The van der Waals surface area contributed by atoms with Crippen LogP contribution >= 0.6 is 11.8 Å². The summed E-state index contributed by atoms with van der Waals surface area (Å²) in [5.74, 6) is -0.257. The Balaban J connectivity index is 2.10. The Labute approximate surface area is 119 Å². The highest BCUT2D eigenvalue weighted by molar-refractivity contribution is 7.98. The van der Waals surface area contributed by atoms with Gasteiger partial charge < -0.3 is 4.74 Å². The van der Waals surface area contributed by atoms with Crippen molar-refractivity contribution in [3.05, 3.63) is 64.0 Å². The SMILES string of the molecule is CSc1ccc(OCc2cccc([N+](=O)[O-])c2F)cc1. The number of rotatable bonds is 5.